The molecule has 2 amide bonds. The molecule has 3 rings (SSSR count). The third-order valence-corrected chi connectivity index (χ3v) is 5.63. The van der Waals surface area contributed by atoms with Crippen LogP contribution in [0.4, 0.5) is 0 Å². The standard InChI is InChI=1S/C20H25N3O2S/c1-14-7-9-16(10-8-14)13-23-11-12-26-20(23)22-19(25)18(21-15(2)24)17-5-3-4-6-17/h7-12,17-18H,3-6,13H2,1-2H3,(H,21,24)/t18-/m0/s1. The fourth-order valence-electron chi connectivity index (χ4n) is 3.45. The van der Waals surface area contributed by atoms with Crippen molar-refractivity contribution in [1.82, 2.24) is 9.88 Å². The minimum atomic E-state index is -0.509. The predicted octanol–water partition coefficient (Wildman–Crippen LogP) is 3.03. The van der Waals surface area contributed by atoms with Crippen LogP contribution in [-0.2, 0) is 16.1 Å². The van der Waals surface area contributed by atoms with Crippen LogP contribution < -0.4 is 10.1 Å². The topological polar surface area (TPSA) is 63.5 Å². The number of hydrogen-bond acceptors (Lipinski definition) is 3. The van der Waals surface area contributed by atoms with Crippen molar-refractivity contribution < 1.29 is 9.59 Å². The van der Waals surface area contributed by atoms with E-state index in [0.717, 1.165) is 31.2 Å². The number of nitrogens with zero attached hydrogens (tertiary/aromatic N) is 2. The Morgan fingerprint density at radius 3 is 2.62 bits per heavy atom. The highest BCUT2D eigenvalue weighted by molar-refractivity contribution is 7.07. The van der Waals surface area contributed by atoms with Gasteiger partial charge in [-0.3, -0.25) is 9.59 Å². The van der Waals surface area contributed by atoms with Crippen molar-refractivity contribution in [3.63, 3.8) is 0 Å². The number of aromatic nitrogens is 1. The number of hydrogen-bond donors (Lipinski definition) is 1. The highest BCUT2D eigenvalue weighted by atomic mass is 32.1. The molecule has 1 heterocycles. The van der Waals surface area contributed by atoms with Gasteiger partial charge in [0.1, 0.15) is 6.04 Å². The SMILES string of the molecule is CC(=O)N[C@H](C(=O)N=c1sccn1Cc1ccc(C)cc1)C1CCCC1. The second-order valence-electron chi connectivity index (χ2n) is 6.97. The van der Waals surface area contributed by atoms with Gasteiger partial charge < -0.3 is 9.88 Å². The molecule has 138 valence electrons. The molecule has 1 atom stereocenters. The van der Waals surface area contributed by atoms with Crippen LogP contribution in [0.3, 0.4) is 0 Å². The predicted molar refractivity (Wildman–Crippen MR) is 103 cm³/mol. The summed E-state index contributed by atoms with van der Waals surface area (Å²) in [5.41, 5.74) is 2.39. The van der Waals surface area contributed by atoms with E-state index in [1.807, 2.05) is 16.1 Å². The fraction of sp³-hybridized carbons (Fsp3) is 0.450. The summed E-state index contributed by atoms with van der Waals surface area (Å²) in [4.78, 5) is 29.4. The Balaban J connectivity index is 1.81. The van der Waals surface area contributed by atoms with Crippen molar-refractivity contribution in [2.24, 2.45) is 10.9 Å². The molecule has 1 aromatic carbocycles. The van der Waals surface area contributed by atoms with E-state index in [2.05, 4.69) is 41.5 Å². The van der Waals surface area contributed by atoms with Gasteiger partial charge >= 0.3 is 0 Å². The van der Waals surface area contributed by atoms with Crippen molar-refractivity contribution in [2.75, 3.05) is 0 Å². The van der Waals surface area contributed by atoms with Crippen molar-refractivity contribution in [1.29, 1.82) is 0 Å². The summed E-state index contributed by atoms with van der Waals surface area (Å²) in [6.45, 7) is 4.19. The monoisotopic (exact) mass is 371 g/mol. The van der Waals surface area contributed by atoms with Gasteiger partial charge in [0.05, 0.1) is 0 Å². The van der Waals surface area contributed by atoms with E-state index >= 15 is 0 Å². The maximum Gasteiger partial charge on any atom is 0.271 e. The third-order valence-electron chi connectivity index (χ3n) is 4.84. The Morgan fingerprint density at radius 2 is 1.96 bits per heavy atom. The van der Waals surface area contributed by atoms with Gasteiger partial charge in [0, 0.05) is 25.0 Å². The Labute approximate surface area is 157 Å². The molecule has 0 radical (unpaired) electrons. The average Bonchev–Trinajstić information content (AvgIpc) is 3.27. The van der Waals surface area contributed by atoms with Crippen molar-refractivity contribution in [2.45, 2.75) is 52.1 Å². The smallest absolute Gasteiger partial charge is 0.271 e. The van der Waals surface area contributed by atoms with Gasteiger partial charge in [-0.05, 0) is 31.2 Å². The normalized spacial score (nSPS) is 16.6. The van der Waals surface area contributed by atoms with Gasteiger partial charge in [0.2, 0.25) is 5.91 Å². The second-order valence-corrected chi connectivity index (χ2v) is 7.84. The summed E-state index contributed by atoms with van der Waals surface area (Å²) in [5.74, 6) is -0.225. The second kappa shape index (κ2) is 8.45. The first-order chi connectivity index (χ1) is 12.5. The van der Waals surface area contributed by atoms with E-state index in [-0.39, 0.29) is 17.7 Å². The third kappa shape index (κ3) is 4.69. The Morgan fingerprint density at radius 1 is 1.27 bits per heavy atom. The highest BCUT2D eigenvalue weighted by Gasteiger charge is 2.31. The molecule has 1 aromatic heterocycles. The van der Waals surface area contributed by atoms with Gasteiger partial charge in [-0.2, -0.15) is 4.99 Å². The first kappa shape index (κ1) is 18.6. The molecule has 0 unspecified atom stereocenters. The van der Waals surface area contributed by atoms with Gasteiger partial charge in [-0.1, -0.05) is 42.7 Å². The number of aryl methyl sites for hydroxylation is 1. The van der Waals surface area contributed by atoms with Crippen LogP contribution in [0.2, 0.25) is 0 Å². The lowest BCUT2D eigenvalue weighted by atomic mass is 9.97. The lowest BCUT2D eigenvalue weighted by Gasteiger charge is -2.20. The number of amides is 2. The van der Waals surface area contributed by atoms with Crippen LogP contribution in [0, 0.1) is 12.8 Å². The fourth-order valence-corrected chi connectivity index (χ4v) is 4.19. The van der Waals surface area contributed by atoms with Gasteiger partial charge in [0.25, 0.3) is 5.91 Å². The zero-order valence-corrected chi connectivity index (χ0v) is 16.1. The molecule has 0 aliphatic heterocycles. The zero-order valence-electron chi connectivity index (χ0n) is 15.3. The van der Waals surface area contributed by atoms with Crippen LogP contribution in [0.25, 0.3) is 0 Å². The molecule has 2 aromatic rings. The molecule has 1 N–H and O–H groups in total. The maximum atomic E-state index is 12.8. The van der Waals surface area contributed by atoms with Crippen LogP contribution in [0.1, 0.15) is 43.7 Å². The number of thiazole rings is 1. The van der Waals surface area contributed by atoms with Crippen LogP contribution in [-0.4, -0.2) is 22.4 Å². The Kier molecular flexibility index (Phi) is 6.04. The lowest BCUT2D eigenvalue weighted by Crippen LogP contribution is -2.44. The molecule has 1 fully saturated rings. The lowest BCUT2D eigenvalue weighted by molar-refractivity contribution is -0.127. The van der Waals surface area contributed by atoms with Gasteiger partial charge in [0.15, 0.2) is 4.80 Å². The molecule has 0 saturated heterocycles. The minimum Gasteiger partial charge on any atom is -0.344 e. The summed E-state index contributed by atoms with van der Waals surface area (Å²) in [6, 6.07) is 7.83. The number of rotatable bonds is 5. The molecule has 1 aliphatic rings. The van der Waals surface area contributed by atoms with E-state index in [1.54, 1.807) is 0 Å². The van der Waals surface area contributed by atoms with Crippen molar-refractivity contribution in [3.8, 4) is 0 Å². The Hall–Kier alpha value is -2.21. The van der Waals surface area contributed by atoms with Crippen molar-refractivity contribution >= 4 is 23.2 Å². The molecule has 0 spiro atoms. The number of benzene rings is 1. The molecule has 1 saturated carbocycles. The zero-order chi connectivity index (χ0) is 18.5. The first-order valence-corrected chi connectivity index (χ1v) is 9.96. The minimum absolute atomic E-state index is 0.177. The quantitative estimate of drug-likeness (QED) is 0.878. The summed E-state index contributed by atoms with van der Waals surface area (Å²) >= 11 is 1.44. The molecule has 26 heavy (non-hydrogen) atoms. The summed E-state index contributed by atoms with van der Waals surface area (Å²) < 4.78 is 1.98. The summed E-state index contributed by atoms with van der Waals surface area (Å²) in [7, 11) is 0. The van der Waals surface area contributed by atoms with E-state index in [0.29, 0.717) is 11.3 Å². The van der Waals surface area contributed by atoms with Gasteiger partial charge in [-0.15, -0.1) is 11.3 Å². The average molecular weight is 372 g/mol. The first-order valence-electron chi connectivity index (χ1n) is 9.08. The van der Waals surface area contributed by atoms with Crippen LogP contribution in [0.5, 0.6) is 0 Å². The maximum absolute atomic E-state index is 12.8. The largest absolute Gasteiger partial charge is 0.344 e. The van der Waals surface area contributed by atoms with Crippen LogP contribution >= 0.6 is 11.3 Å². The molecular formula is C20H25N3O2S. The molecular weight excluding hydrogens is 346 g/mol. The van der Waals surface area contributed by atoms with E-state index < -0.39 is 6.04 Å². The molecule has 1 aliphatic carbocycles. The number of nitrogens with one attached hydrogen (secondary N) is 1. The van der Waals surface area contributed by atoms with Crippen LogP contribution in [0.15, 0.2) is 40.8 Å². The molecule has 5 nitrogen and oxygen atoms in total. The highest BCUT2D eigenvalue weighted by Crippen LogP contribution is 2.28. The van der Waals surface area contributed by atoms with E-state index in [4.69, 9.17) is 0 Å². The van der Waals surface area contributed by atoms with Crippen molar-refractivity contribution in [3.05, 3.63) is 51.8 Å². The number of carbonyl (C=O) groups is 2. The Bertz CT molecular complexity index is 829. The summed E-state index contributed by atoms with van der Waals surface area (Å²) in [5, 5.41) is 4.76. The molecule has 0 bridgehead atoms. The van der Waals surface area contributed by atoms with Gasteiger partial charge in [-0.25, -0.2) is 0 Å². The number of carbonyl (C=O) groups excluding carboxylic acids is 2. The van der Waals surface area contributed by atoms with E-state index in [9.17, 15) is 9.59 Å². The summed E-state index contributed by atoms with van der Waals surface area (Å²) in [6.07, 6.45) is 6.11. The molecule has 6 heteroatoms. The van der Waals surface area contributed by atoms with E-state index in [1.165, 1.54) is 23.8 Å².